The van der Waals surface area contributed by atoms with Crippen molar-refractivity contribution >= 4 is 24.0 Å². The molecule has 1 unspecified atom stereocenters. The van der Waals surface area contributed by atoms with Crippen LogP contribution in [0.1, 0.15) is 17.2 Å². The zero-order valence-corrected chi connectivity index (χ0v) is 13.6. The van der Waals surface area contributed by atoms with Gasteiger partial charge in [-0.25, -0.2) is 4.39 Å². The van der Waals surface area contributed by atoms with Gasteiger partial charge < -0.3 is 5.32 Å². The fourth-order valence-electron chi connectivity index (χ4n) is 2.72. The van der Waals surface area contributed by atoms with Crippen LogP contribution >= 0.6 is 24.0 Å². The van der Waals surface area contributed by atoms with E-state index in [1.54, 1.807) is 18.3 Å². The number of nitrogens with one attached hydrogen (secondary N) is 1. The van der Waals surface area contributed by atoms with E-state index in [0.717, 1.165) is 25.2 Å². The molecule has 0 bridgehead atoms. The smallest absolute Gasteiger partial charge is 0.129 e. The molecule has 2 heterocycles. The van der Waals surface area contributed by atoms with E-state index < -0.39 is 0 Å². The number of rotatable bonds is 3. The van der Waals surface area contributed by atoms with Gasteiger partial charge in [0.1, 0.15) is 5.82 Å². The largest absolute Gasteiger partial charge is 0.314 e. The van der Waals surface area contributed by atoms with Crippen LogP contribution in [0.15, 0.2) is 42.7 Å². The Morgan fingerprint density at radius 3 is 2.91 bits per heavy atom. The molecule has 0 radical (unpaired) electrons. The highest BCUT2D eigenvalue weighted by molar-refractivity contribution is 6.31. The van der Waals surface area contributed by atoms with Gasteiger partial charge in [-0.05, 0) is 23.8 Å². The molecule has 1 saturated heterocycles. The quantitative estimate of drug-likeness (QED) is 0.926. The van der Waals surface area contributed by atoms with Gasteiger partial charge in [0.2, 0.25) is 0 Å². The number of pyridine rings is 1. The normalized spacial score (nSPS) is 18.7. The molecule has 3 rings (SSSR count). The Morgan fingerprint density at radius 2 is 2.18 bits per heavy atom. The minimum absolute atomic E-state index is 0. The molecule has 1 aliphatic heterocycles. The summed E-state index contributed by atoms with van der Waals surface area (Å²) in [7, 11) is 0. The first-order chi connectivity index (χ1) is 10.3. The summed E-state index contributed by atoms with van der Waals surface area (Å²) in [5, 5.41) is 3.87. The molecule has 1 aliphatic rings. The van der Waals surface area contributed by atoms with Gasteiger partial charge in [-0.15, -0.1) is 12.4 Å². The summed E-state index contributed by atoms with van der Waals surface area (Å²) < 4.78 is 14.0. The summed E-state index contributed by atoms with van der Waals surface area (Å²) in [5.74, 6) is -0.244. The summed E-state index contributed by atoms with van der Waals surface area (Å²) in [5.41, 5.74) is 1.70. The van der Waals surface area contributed by atoms with Gasteiger partial charge in [0.25, 0.3) is 0 Å². The topological polar surface area (TPSA) is 28.2 Å². The summed E-state index contributed by atoms with van der Waals surface area (Å²) in [6.07, 6.45) is 3.63. The van der Waals surface area contributed by atoms with Crippen LogP contribution in [-0.2, 0) is 6.54 Å². The van der Waals surface area contributed by atoms with Gasteiger partial charge in [-0.2, -0.15) is 0 Å². The lowest BCUT2D eigenvalue weighted by Crippen LogP contribution is -2.45. The van der Waals surface area contributed by atoms with Gasteiger partial charge in [-0.1, -0.05) is 23.7 Å². The van der Waals surface area contributed by atoms with E-state index in [1.807, 2.05) is 12.3 Å². The molecular weight excluding hydrogens is 324 g/mol. The number of benzene rings is 1. The number of nitrogens with zero attached hydrogens (tertiary/aromatic N) is 2. The number of piperazine rings is 1. The van der Waals surface area contributed by atoms with Crippen molar-refractivity contribution in [3.63, 3.8) is 0 Å². The first kappa shape index (κ1) is 17.2. The van der Waals surface area contributed by atoms with E-state index in [1.165, 1.54) is 6.07 Å². The monoisotopic (exact) mass is 341 g/mol. The van der Waals surface area contributed by atoms with E-state index in [4.69, 9.17) is 11.6 Å². The second-order valence-corrected chi connectivity index (χ2v) is 5.58. The van der Waals surface area contributed by atoms with E-state index in [2.05, 4.69) is 21.3 Å². The van der Waals surface area contributed by atoms with E-state index in [0.29, 0.717) is 17.1 Å². The second-order valence-electron chi connectivity index (χ2n) is 5.18. The molecule has 1 N–H and O–H groups in total. The maximum absolute atomic E-state index is 14.0. The number of hydrogen-bond donors (Lipinski definition) is 1. The molecule has 1 atom stereocenters. The predicted molar refractivity (Wildman–Crippen MR) is 88.9 cm³/mol. The third-order valence-electron chi connectivity index (χ3n) is 3.85. The summed E-state index contributed by atoms with van der Waals surface area (Å²) in [6, 6.07) is 9.00. The van der Waals surface area contributed by atoms with Crippen LogP contribution in [0.3, 0.4) is 0 Å². The van der Waals surface area contributed by atoms with E-state index >= 15 is 0 Å². The van der Waals surface area contributed by atoms with Crippen LogP contribution in [0.25, 0.3) is 0 Å². The molecule has 2 aromatic rings. The van der Waals surface area contributed by atoms with Crippen molar-refractivity contribution in [3.05, 3.63) is 64.7 Å². The van der Waals surface area contributed by atoms with Crippen LogP contribution in [0, 0.1) is 5.82 Å². The number of aromatic nitrogens is 1. The molecule has 0 amide bonds. The van der Waals surface area contributed by atoms with Crippen molar-refractivity contribution in [3.8, 4) is 0 Å². The third kappa shape index (κ3) is 3.76. The Bertz CT molecular complexity index is 589. The van der Waals surface area contributed by atoms with Gasteiger partial charge >= 0.3 is 0 Å². The Morgan fingerprint density at radius 1 is 1.32 bits per heavy atom. The first-order valence-electron chi connectivity index (χ1n) is 7.03. The average Bonchev–Trinajstić information content (AvgIpc) is 2.52. The first-order valence-corrected chi connectivity index (χ1v) is 7.41. The maximum Gasteiger partial charge on any atom is 0.129 e. The van der Waals surface area contributed by atoms with Crippen LogP contribution < -0.4 is 5.32 Å². The minimum atomic E-state index is -0.244. The molecule has 3 nitrogen and oxygen atoms in total. The highest BCUT2D eigenvalue weighted by atomic mass is 35.5. The SMILES string of the molecule is Cl.Fc1cccc(Cl)c1CN1CCNCC1c1cccnc1. The molecule has 22 heavy (non-hydrogen) atoms. The molecule has 6 heteroatoms. The number of hydrogen-bond acceptors (Lipinski definition) is 3. The van der Waals surface area contributed by atoms with Crippen molar-refractivity contribution in [2.45, 2.75) is 12.6 Å². The van der Waals surface area contributed by atoms with Crippen LogP contribution in [0.5, 0.6) is 0 Å². The van der Waals surface area contributed by atoms with E-state index in [-0.39, 0.29) is 24.3 Å². The van der Waals surface area contributed by atoms with Gasteiger partial charge in [0, 0.05) is 55.2 Å². The van der Waals surface area contributed by atoms with Gasteiger partial charge in [0.15, 0.2) is 0 Å². The summed E-state index contributed by atoms with van der Waals surface area (Å²) in [6.45, 7) is 3.08. The van der Waals surface area contributed by atoms with Gasteiger partial charge in [0.05, 0.1) is 0 Å². The van der Waals surface area contributed by atoms with Crippen LogP contribution in [0.4, 0.5) is 4.39 Å². The van der Waals surface area contributed by atoms with Crippen LogP contribution in [-0.4, -0.2) is 29.5 Å². The molecule has 1 aromatic heterocycles. The van der Waals surface area contributed by atoms with E-state index in [9.17, 15) is 4.39 Å². The second kappa shape index (κ2) is 7.88. The highest BCUT2D eigenvalue weighted by Gasteiger charge is 2.25. The lowest BCUT2D eigenvalue weighted by molar-refractivity contribution is 0.151. The lowest BCUT2D eigenvalue weighted by atomic mass is 10.0. The Balaban J connectivity index is 0.00000176. The fraction of sp³-hybridized carbons (Fsp3) is 0.312. The molecule has 0 aliphatic carbocycles. The van der Waals surface area contributed by atoms with Crippen molar-refractivity contribution in [1.82, 2.24) is 15.2 Å². The fourth-order valence-corrected chi connectivity index (χ4v) is 2.95. The Kier molecular flexibility index (Phi) is 6.15. The minimum Gasteiger partial charge on any atom is -0.314 e. The maximum atomic E-state index is 14.0. The Labute approximate surface area is 140 Å². The van der Waals surface area contributed by atoms with Crippen molar-refractivity contribution in [2.24, 2.45) is 0 Å². The summed E-state index contributed by atoms with van der Waals surface area (Å²) >= 11 is 6.15. The Hall–Kier alpha value is -1.20. The third-order valence-corrected chi connectivity index (χ3v) is 4.20. The number of halogens is 3. The zero-order valence-electron chi connectivity index (χ0n) is 12.0. The van der Waals surface area contributed by atoms with Crippen molar-refractivity contribution in [2.75, 3.05) is 19.6 Å². The molecule has 118 valence electrons. The average molecular weight is 342 g/mol. The zero-order chi connectivity index (χ0) is 14.7. The molecule has 0 saturated carbocycles. The predicted octanol–water partition coefficient (Wildman–Crippen LogP) is 3.44. The van der Waals surface area contributed by atoms with Crippen molar-refractivity contribution < 1.29 is 4.39 Å². The molecular formula is C16H18Cl2FN3. The van der Waals surface area contributed by atoms with Crippen molar-refractivity contribution in [1.29, 1.82) is 0 Å². The standard InChI is InChI=1S/C16H17ClFN3.ClH/c17-14-4-1-5-15(18)13(14)11-21-8-7-20-10-16(21)12-3-2-6-19-9-12;/h1-6,9,16,20H,7-8,10-11H2;1H. The van der Waals surface area contributed by atoms with Gasteiger partial charge in [-0.3, -0.25) is 9.88 Å². The van der Waals surface area contributed by atoms with Crippen LogP contribution in [0.2, 0.25) is 5.02 Å². The molecule has 1 fully saturated rings. The summed E-state index contributed by atoms with van der Waals surface area (Å²) in [4.78, 5) is 6.43. The lowest BCUT2D eigenvalue weighted by Gasteiger charge is -2.36. The highest BCUT2D eigenvalue weighted by Crippen LogP contribution is 2.27. The molecule has 0 spiro atoms. The molecule has 1 aromatic carbocycles.